The van der Waals surface area contributed by atoms with Gasteiger partial charge in [0.25, 0.3) is 5.56 Å². The second kappa shape index (κ2) is 9.14. The van der Waals surface area contributed by atoms with Crippen LogP contribution in [0, 0.1) is 11.6 Å². The molecule has 0 atom stereocenters. The number of imidazole rings is 1. The van der Waals surface area contributed by atoms with Crippen molar-refractivity contribution in [2.75, 3.05) is 0 Å². The van der Waals surface area contributed by atoms with Crippen molar-refractivity contribution in [2.45, 2.75) is 20.1 Å². The molecule has 0 aliphatic carbocycles. The number of benzene rings is 2. The molecule has 180 valence electrons. The molecule has 2 N–H and O–H groups in total. The Hall–Kier alpha value is -4.32. The van der Waals surface area contributed by atoms with Crippen LogP contribution in [0.15, 0.2) is 52.3 Å². The third kappa shape index (κ3) is 4.43. The number of ether oxygens (including phenoxy) is 1. The lowest BCUT2D eigenvalue weighted by Gasteiger charge is -2.11. The maximum absolute atomic E-state index is 13.8. The highest BCUT2D eigenvalue weighted by Gasteiger charge is 2.20. The molecule has 4 aromatic rings. The highest BCUT2D eigenvalue weighted by molar-refractivity contribution is 6.31. The van der Waals surface area contributed by atoms with E-state index in [2.05, 4.69) is 4.98 Å². The lowest BCUT2D eigenvalue weighted by molar-refractivity contribution is 0.0937. The lowest BCUT2D eigenvalue weighted by Crippen LogP contribution is -2.34. The van der Waals surface area contributed by atoms with Crippen molar-refractivity contribution in [3.05, 3.63) is 91.3 Å². The van der Waals surface area contributed by atoms with E-state index in [9.17, 15) is 28.0 Å². The third-order valence-corrected chi connectivity index (χ3v) is 5.45. The van der Waals surface area contributed by atoms with Gasteiger partial charge in [0.2, 0.25) is 11.8 Å². The number of fused-ring (bicyclic) bond motifs is 1. The zero-order chi connectivity index (χ0) is 25.4. The molecule has 2 aromatic carbocycles. The Kier molecular flexibility index (Phi) is 6.22. The number of halogens is 3. The van der Waals surface area contributed by atoms with Crippen LogP contribution in [0.3, 0.4) is 0 Å². The molecule has 0 saturated carbocycles. The first-order valence-corrected chi connectivity index (χ1v) is 10.3. The van der Waals surface area contributed by atoms with Gasteiger partial charge in [0, 0.05) is 18.6 Å². The Morgan fingerprint density at radius 3 is 2.49 bits per heavy atom. The van der Waals surface area contributed by atoms with Gasteiger partial charge in [0.1, 0.15) is 24.6 Å². The number of amides is 1. The molecular formula is C22H16ClF2N5O5. The van der Waals surface area contributed by atoms with Gasteiger partial charge in [0.05, 0.1) is 17.6 Å². The van der Waals surface area contributed by atoms with Gasteiger partial charge in [-0.25, -0.2) is 32.5 Å². The minimum absolute atomic E-state index is 0.0427. The minimum Gasteiger partial charge on any atom is -0.471 e. The molecule has 35 heavy (non-hydrogen) atoms. The van der Waals surface area contributed by atoms with Gasteiger partial charge < -0.3 is 10.5 Å². The van der Waals surface area contributed by atoms with Gasteiger partial charge in [-0.3, -0.25) is 14.2 Å². The number of hydrogen-bond donors (Lipinski definition) is 1. The van der Waals surface area contributed by atoms with Gasteiger partial charge in [-0.1, -0.05) is 17.7 Å². The molecule has 10 nitrogen and oxygen atoms in total. The first-order valence-electron chi connectivity index (χ1n) is 9.97. The molecule has 0 aliphatic rings. The molecule has 2 heterocycles. The summed E-state index contributed by atoms with van der Waals surface area (Å²) in [6, 6.07) is 6.33. The van der Waals surface area contributed by atoms with Crippen LogP contribution in [0.2, 0.25) is 5.02 Å². The van der Waals surface area contributed by atoms with Crippen LogP contribution >= 0.6 is 11.6 Å². The largest absolute Gasteiger partial charge is 0.471 e. The smallest absolute Gasteiger partial charge is 0.344 e. The van der Waals surface area contributed by atoms with E-state index in [-0.39, 0.29) is 40.7 Å². The Labute approximate surface area is 199 Å². The predicted molar refractivity (Wildman–Crippen MR) is 121 cm³/mol. The second-order valence-electron chi connectivity index (χ2n) is 7.45. The van der Waals surface area contributed by atoms with Crippen molar-refractivity contribution in [2.24, 2.45) is 5.73 Å². The van der Waals surface area contributed by atoms with Crippen LogP contribution in [0.25, 0.3) is 11.0 Å². The van der Waals surface area contributed by atoms with Crippen LogP contribution in [0.1, 0.15) is 22.8 Å². The van der Waals surface area contributed by atoms with E-state index in [0.29, 0.717) is 16.2 Å². The summed E-state index contributed by atoms with van der Waals surface area (Å²) in [7, 11) is 0. The molecule has 2 aromatic heterocycles. The van der Waals surface area contributed by atoms with Crippen LogP contribution in [-0.2, 0) is 13.2 Å². The van der Waals surface area contributed by atoms with Crippen LogP contribution in [0.4, 0.5) is 13.6 Å². The van der Waals surface area contributed by atoms with E-state index >= 15 is 0 Å². The number of carbonyl (C=O) groups excluding carboxylic acids is 2. The fourth-order valence-corrected chi connectivity index (χ4v) is 3.71. The number of carbonyl (C=O) groups is 2. The monoisotopic (exact) mass is 503 g/mol. The third-order valence-electron chi connectivity index (χ3n) is 5.12. The number of primary amides is 1. The average molecular weight is 504 g/mol. The Balaban J connectivity index is 1.63. The SMILES string of the molecule is CC(=O)n1c(=O)n(C(N)=O)c2ccc(Cn3cnc(OCc4ccc(F)cc4F)c(Cl)c3=O)cc21. The number of nitrogens with zero attached hydrogens (tertiary/aromatic N) is 4. The van der Waals surface area contributed by atoms with Crippen molar-refractivity contribution >= 4 is 34.6 Å². The van der Waals surface area contributed by atoms with Crippen molar-refractivity contribution in [3.8, 4) is 5.88 Å². The predicted octanol–water partition coefficient (Wildman–Crippen LogP) is 2.51. The van der Waals surface area contributed by atoms with E-state index in [1.807, 2.05) is 0 Å². The molecular weight excluding hydrogens is 488 g/mol. The van der Waals surface area contributed by atoms with Crippen LogP contribution in [0.5, 0.6) is 5.88 Å². The Morgan fingerprint density at radius 2 is 1.83 bits per heavy atom. The van der Waals surface area contributed by atoms with E-state index in [4.69, 9.17) is 22.1 Å². The van der Waals surface area contributed by atoms with E-state index < -0.39 is 34.8 Å². The van der Waals surface area contributed by atoms with Gasteiger partial charge >= 0.3 is 11.7 Å². The highest BCUT2D eigenvalue weighted by atomic mass is 35.5. The number of rotatable bonds is 5. The van der Waals surface area contributed by atoms with Crippen molar-refractivity contribution in [1.82, 2.24) is 18.7 Å². The standard InChI is InChI=1S/C22H16ClF2N5O5/c1-11(31)29-17-6-12(2-5-16(17)30(21(26)33)22(29)34)8-28-10-27-19(18(23)20(28)32)35-9-13-3-4-14(24)7-15(13)25/h2-7,10H,8-9H2,1H3,(H2,26,33). The molecule has 0 fully saturated rings. The first kappa shape index (κ1) is 23.8. The van der Waals surface area contributed by atoms with Crippen molar-refractivity contribution in [1.29, 1.82) is 0 Å². The Morgan fingerprint density at radius 1 is 1.09 bits per heavy atom. The zero-order valence-electron chi connectivity index (χ0n) is 18.0. The molecule has 0 bridgehead atoms. The number of nitrogens with two attached hydrogens (primary N) is 1. The number of hydrogen-bond acceptors (Lipinski definition) is 6. The highest BCUT2D eigenvalue weighted by Crippen LogP contribution is 2.20. The molecule has 0 unspecified atom stereocenters. The van der Waals surface area contributed by atoms with Crippen molar-refractivity contribution < 1.29 is 23.1 Å². The summed E-state index contributed by atoms with van der Waals surface area (Å²) in [5.74, 6) is -2.43. The van der Waals surface area contributed by atoms with Crippen LogP contribution < -0.4 is 21.7 Å². The molecule has 13 heteroatoms. The lowest BCUT2D eigenvalue weighted by atomic mass is 10.2. The molecule has 0 spiro atoms. The molecule has 0 aliphatic heterocycles. The van der Waals surface area contributed by atoms with Gasteiger partial charge in [-0.05, 0) is 29.8 Å². The molecule has 4 rings (SSSR count). The molecule has 0 saturated heterocycles. The van der Waals surface area contributed by atoms with Gasteiger partial charge in [-0.2, -0.15) is 0 Å². The summed E-state index contributed by atoms with van der Waals surface area (Å²) in [5.41, 5.74) is 4.47. The summed E-state index contributed by atoms with van der Waals surface area (Å²) < 4.78 is 34.8. The summed E-state index contributed by atoms with van der Waals surface area (Å²) >= 11 is 6.10. The van der Waals surface area contributed by atoms with E-state index in [1.165, 1.54) is 24.3 Å². The summed E-state index contributed by atoms with van der Waals surface area (Å²) in [6.45, 7) is 0.768. The maximum Gasteiger partial charge on any atom is 0.344 e. The van der Waals surface area contributed by atoms with Crippen molar-refractivity contribution in [3.63, 3.8) is 0 Å². The average Bonchev–Trinajstić information content (AvgIpc) is 3.08. The minimum atomic E-state index is -1.05. The normalized spacial score (nSPS) is 11.1. The quantitative estimate of drug-likeness (QED) is 0.445. The molecule has 0 radical (unpaired) electrons. The van der Waals surface area contributed by atoms with Crippen LogP contribution in [-0.4, -0.2) is 30.6 Å². The van der Waals surface area contributed by atoms with E-state index in [0.717, 1.165) is 28.5 Å². The first-order chi connectivity index (χ1) is 16.6. The topological polar surface area (TPSA) is 131 Å². The fourth-order valence-electron chi connectivity index (χ4n) is 3.50. The second-order valence-corrected chi connectivity index (χ2v) is 7.83. The number of aromatic nitrogens is 4. The summed E-state index contributed by atoms with van der Waals surface area (Å²) in [4.78, 5) is 52.8. The summed E-state index contributed by atoms with van der Waals surface area (Å²) in [5, 5.41) is -0.364. The molecule has 1 amide bonds. The Bertz CT molecular complexity index is 1630. The zero-order valence-corrected chi connectivity index (χ0v) is 18.8. The fraction of sp³-hybridized carbons (Fsp3) is 0.136. The van der Waals surface area contributed by atoms with Gasteiger partial charge in [-0.15, -0.1) is 0 Å². The van der Waals surface area contributed by atoms with E-state index in [1.54, 1.807) is 0 Å². The summed E-state index contributed by atoms with van der Waals surface area (Å²) in [6.07, 6.45) is 1.15. The van der Waals surface area contributed by atoms with Gasteiger partial charge in [0.15, 0.2) is 5.02 Å². The maximum atomic E-state index is 13.8.